The van der Waals surface area contributed by atoms with Gasteiger partial charge < -0.3 is 9.47 Å². The highest BCUT2D eigenvalue weighted by atomic mass is 16.5. The molecule has 4 aromatic rings. The second-order valence-corrected chi connectivity index (χ2v) is 10.1. The maximum atomic E-state index is 14.1. The van der Waals surface area contributed by atoms with E-state index in [1.54, 1.807) is 72.9 Å². The summed E-state index contributed by atoms with van der Waals surface area (Å²) in [5, 5.41) is 0. The number of benzene rings is 3. The number of hydrogen-bond donors (Lipinski definition) is 0. The summed E-state index contributed by atoms with van der Waals surface area (Å²) in [6.07, 6.45) is 1.27. The van der Waals surface area contributed by atoms with Gasteiger partial charge in [-0.05, 0) is 71.8 Å². The van der Waals surface area contributed by atoms with Crippen molar-refractivity contribution in [2.75, 3.05) is 24.0 Å². The first kappa shape index (κ1) is 27.6. The smallest absolute Gasteiger partial charge is 0.261 e. The van der Waals surface area contributed by atoms with E-state index in [2.05, 4.69) is 4.98 Å². The number of pyridine rings is 1. The van der Waals surface area contributed by atoms with Gasteiger partial charge in [-0.1, -0.05) is 30.3 Å². The average molecular weight is 574 g/mol. The summed E-state index contributed by atoms with van der Waals surface area (Å²) in [7, 11) is 3.06. The van der Waals surface area contributed by atoms with E-state index in [4.69, 9.17) is 9.47 Å². The lowest BCUT2D eigenvalue weighted by Crippen LogP contribution is -2.31. The minimum absolute atomic E-state index is 0.162. The Bertz CT molecular complexity index is 1760. The normalized spacial score (nSPS) is 18.0. The summed E-state index contributed by atoms with van der Waals surface area (Å²) in [6.45, 7) is 0. The van der Waals surface area contributed by atoms with Crippen LogP contribution >= 0.6 is 0 Å². The zero-order valence-corrected chi connectivity index (χ0v) is 23.5. The first-order valence-electron chi connectivity index (χ1n) is 13.7. The van der Waals surface area contributed by atoms with Gasteiger partial charge in [0.25, 0.3) is 5.91 Å². The molecule has 1 aromatic heterocycles. The minimum Gasteiger partial charge on any atom is -0.497 e. The first-order valence-corrected chi connectivity index (χ1v) is 13.7. The molecule has 2 aliphatic rings. The lowest BCUT2D eigenvalue weighted by Gasteiger charge is -2.21. The van der Waals surface area contributed by atoms with Crippen LogP contribution in [0.2, 0.25) is 0 Å². The standard InChI is InChI=1S/C34H27N3O6/c1-42-23-14-10-21(11-15-23)36-30(38)19-27(33(36)40)32(26-8-4-3-7-25(26)29-9-5-6-18-35-29)28-20-31(39)37(34(28)41)22-12-16-24(43-2)17-13-22/h3-18,27H,19-20H2,1-2H3/b32-28+. The number of amides is 4. The number of nitrogens with zero attached hydrogens (tertiary/aromatic N) is 3. The van der Waals surface area contributed by atoms with Crippen LogP contribution in [-0.2, 0) is 19.2 Å². The van der Waals surface area contributed by atoms with Gasteiger partial charge in [-0.2, -0.15) is 0 Å². The molecular formula is C34H27N3O6. The number of ether oxygens (including phenoxy) is 2. The molecule has 2 saturated heterocycles. The summed E-state index contributed by atoms with van der Waals surface area (Å²) < 4.78 is 10.4. The molecule has 2 fully saturated rings. The molecule has 1 atom stereocenters. The van der Waals surface area contributed by atoms with Crippen LogP contribution in [0.3, 0.4) is 0 Å². The molecule has 1 unspecified atom stereocenters. The number of aromatic nitrogens is 1. The fourth-order valence-electron chi connectivity index (χ4n) is 5.64. The van der Waals surface area contributed by atoms with Crippen LogP contribution in [0.25, 0.3) is 16.8 Å². The van der Waals surface area contributed by atoms with Crippen molar-refractivity contribution < 1.29 is 28.7 Å². The maximum absolute atomic E-state index is 14.1. The van der Waals surface area contributed by atoms with Gasteiger partial charge in [-0.3, -0.25) is 29.1 Å². The Labute approximate surface area is 248 Å². The molecular weight excluding hydrogens is 546 g/mol. The largest absolute Gasteiger partial charge is 0.497 e. The molecule has 0 radical (unpaired) electrons. The molecule has 4 amide bonds. The SMILES string of the molecule is COc1ccc(N2C(=O)C/C(=C(/c3ccccc3-c3ccccn3)C3CC(=O)N(c4ccc(OC)cc4)C3=O)C2=O)cc1. The third-order valence-corrected chi connectivity index (χ3v) is 7.68. The molecule has 0 N–H and O–H groups in total. The van der Waals surface area contributed by atoms with Crippen LogP contribution in [0.15, 0.2) is 103 Å². The van der Waals surface area contributed by atoms with E-state index in [-0.39, 0.29) is 18.4 Å². The topological polar surface area (TPSA) is 106 Å². The summed E-state index contributed by atoms with van der Waals surface area (Å²) in [5.74, 6) is -1.68. The molecule has 0 aliphatic carbocycles. The zero-order valence-electron chi connectivity index (χ0n) is 23.5. The van der Waals surface area contributed by atoms with E-state index >= 15 is 0 Å². The van der Waals surface area contributed by atoms with Crippen molar-refractivity contribution in [1.82, 2.24) is 4.98 Å². The summed E-state index contributed by atoms with van der Waals surface area (Å²) in [5.41, 5.74) is 3.18. The molecule has 3 aromatic carbocycles. The first-order chi connectivity index (χ1) is 20.9. The Balaban J connectivity index is 1.51. The zero-order chi connectivity index (χ0) is 30.1. The molecule has 0 saturated carbocycles. The van der Waals surface area contributed by atoms with Gasteiger partial charge in [0.1, 0.15) is 11.5 Å². The Morgan fingerprint density at radius 3 is 1.93 bits per heavy atom. The molecule has 0 bridgehead atoms. The summed E-state index contributed by atoms with van der Waals surface area (Å²) >= 11 is 0. The van der Waals surface area contributed by atoms with Crippen LogP contribution in [0, 0.1) is 5.92 Å². The van der Waals surface area contributed by atoms with Crippen LogP contribution in [0.5, 0.6) is 11.5 Å². The summed E-state index contributed by atoms with van der Waals surface area (Å²) in [4.78, 5) is 61.7. The molecule has 214 valence electrons. The van der Waals surface area contributed by atoms with E-state index in [0.717, 1.165) is 9.80 Å². The highest BCUT2D eigenvalue weighted by molar-refractivity contribution is 6.32. The van der Waals surface area contributed by atoms with Crippen LogP contribution in [0.1, 0.15) is 18.4 Å². The average Bonchev–Trinajstić information content (AvgIpc) is 3.50. The third kappa shape index (κ3) is 4.95. The number of carbonyl (C=O) groups is 4. The Morgan fingerprint density at radius 1 is 0.721 bits per heavy atom. The van der Waals surface area contributed by atoms with Crippen molar-refractivity contribution in [3.05, 3.63) is 108 Å². The lowest BCUT2D eigenvalue weighted by molar-refractivity contribution is -0.122. The van der Waals surface area contributed by atoms with Crippen LogP contribution in [0.4, 0.5) is 11.4 Å². The highest BCUT2D eigenvalue weighted by Gasteiger charge is 2.46. The second-order valence-electron chi connectivity index (χ2n) is 10.1. The van der Waals surface area contributed by atoms with Crippen molar-refractivity contribution in [2.24, 2.45) is 5.92 Å². The molecule has 0 spiro atoms. The Hall–Kier alpha value is -5.57. The van der Waals surface area contributed by atoms with E-state index in [9.17, 15) is 19.2 Å². The number of hydrogen-bond acceptors (Lipinski definition) is 7. The van der Waals surface area contributed by atoms with Gasteiger partial charge in [0, 0.05) is 23.8 Å². The number of methoxy groups -OCH3 is 2. The minimum atomic E-state index is -0.998. The van der Waals surface area contributed by atoms with Gasteiger partial charge in [-0.15, -0.1) is 0 Å². The van der Waals surface area contributed by atoms with E-state index in [1.165, 1.54) is 14.2 Å². The fraction of sp³-hybridized carbons (Fsp3) is 0.147. The van der Waals surface area contributed by atoms with Crippen LogP contribution in [-0.4, -0.2) is 42.8 Å². The van der Waals surface area contributed by atoms with E-state index in [1.807, 2.05) is 24.3 Å². The number of carbonyl (C=O) groups excluding carboxylic acids is 4. The van der Waals surface area contributed by atoms with E-state index in [0.29, 0.717) is 45.3 Å². The molecule has 3 heterocycles. The van der Waals surface area contributed by atoms with Crippen molar-refractivity contribution in [1.29, 1.82) is 0 Å². The maximum Gasteiger partial charge on any atom is 0.261 e. The van der Waals surface area contributed by atoms with Crippen LogP contribution < -0.4 is 19.3 Å². The molecule has 9 heteroatoms. The van der Waals surface area contributed by atoms with Crippen molar-refractivity contribution in [3.63, 3.8) is 0 Å². The molecule has 2 aliphatic heterocycles. The number of rotatable bonds is 7. The molecule has 6 rings (SSSR count). The van der Waals surface area contributed by atoms with Gasteiger partial charge >= 0.3 is 0 Å². The fourth-order valence-corrected chi connectivity index (χ4v) is 5.64. The lowest BCUT2D eigenvalue weighted by atomic mass is 9.83. The second kappa shape index (κ2) is 11.4. The highest BCUT2D eigenvalue weighted by Crippen LogP contribution is 2.44. The van der Waals surface area contributed by atoms with Gasteiger partial charge in [0.15, 0.2) is 0 Å². The van der Waals surface area contributed by atoms with Gasteiger partial charge in [0.05, 0.1) is 43.6 Å². The predicted molar refractivity (Wildman–Crippen MR) is 160 cm³/mol. The quantitative estimate of drug-likeness (QED) is 0.225. The molecule has 43 heavy (non-hydrogen) atoms. The van der Waals surface area contributed by atoms with Crippen molar-refractivity contribution >= 4 is 40.6 Å². The van der Waals surface area contributed by atoms with E-state index < -0.39 is 29.5 Å². The van der Waals surface area contributed by atoms with Crippen molar-refractivity contribution in [2.45, 2.75) is 12.8 Å². The summed E-state index contributed by atoms with van der Waals surface area (Å²) in [6, 6.07) is 26.0. The van der Waals surface area contributed by atoms with Gasteiger partial charge in [-0.25, -0.2) is 4.90 Å². The number of anilines is 2. The third-order valence-electron chi connectivity index (χ3n) is 7.68. The van der Waals surface area contributed by atoms with Gasteiger partial charge in [0.2, 0.25) is 17.7 Å². The van der Waals surface area contributed by atoms with Crippen molar-refractivity contribution in [3.8, 4) is 22.8 Å². The predicted octanol–water partition coefficient (Wildman–Crippen LogP) is 5.06. The monoisotopic (exact) mass is 573 g/mol. The Kier molecular flexibility index (Phi) is 7.29. The molecule has 9 nitrogen and oxygen atoms in total. The Morgan fingerprint density at radius 2 is 1.33 bits per heavy atom. The number of imide groups is 2.